The predicted molar refractivity (Wildman–Crippen MR) is 72.7 cm³/mol. The normalized spacial score (nSPS) is 22.9. The summed E-state index contributed by atoms with van der Waals surface area (Å²) in [5.74, 6) is -0.513. The van der Waals surface area contributed by atoms with Crippen LogP contribution in [0.25, 0.3) is 11.1 Å². The molecule has 2 heterocycles. The van der Waals surface area contributed by atoms with Crippen molar-refractivity contribution in [1.29, 1.82) is 0 Å². The number of para-hydroxylation sites is 2. The second-order valence-electron chi connectivity index (χ2n) is 4.54. The van der Waals surface area contributed by atoms with E-state index in [1.807, 2.05) is 24.3 Å². The van der Waals surface area contributed by atoms with Gasteiger partial charge in [-0.05, 0) is 31.5 Å². The number of carboxylic acid groups (broad SMARTS) is 1. The SMILES string of the molecule is Cl.O=C(O)C1NCCCC1c1nc2ccccc2o1. The number of halogens is 1. The lowest BCUT2D eigenvalue weighted by atomic mass is 9.91. The van der Waals surface area contributed by atoms with Crippen LogP contribution in [0.5, 0.6) is 0 Å². The molecule has 0 bridgehead atoms. The molecular weight excluding hydrogens is 268 g/mol. The molecule has 0 aliphatic carbocycles. The lowest BCUT2D eigenvalue weighted by Crippen LogP contribution is -2.45. The summed E-state index contributed by atoms with van der Waals surface area (Å²) in [6, 6.07) is 6.88. The number of nitrogens with zero attached hydrogens (tertiary/aromatic N) is 1. The van der Waals surface area contributed by atoms with Crippen molar-refractivity contribution in [2.75, 3.05) is 6.54 Å². The van der Waals surface area contributed by atoms with Gasteiger partial charge in [-0.2, -0.15) is 0 Å². The highest BCUT2D eigenvalue weighted by Gasteiger charge is 2.34. The van der Waals surface area contributed by atoms with Gasteiger partial charge in [-0.1, -0.05) is 12.1 Å². The van der Waals surface area contributed by atoms with E-state index >= 15 is 0 Å². The Morgan fingerprint density at radius 3 is 2.95 bits per heavy atom. The lowest BCUT2D eigenvalue weighted by molar-refractivity contribution is -0.140. The molecule has 1 aliphatic heterocycles. The molecule has 5 nitrogen and oxygen atoms in total. The number of hydrogen-bond acceptors (Lipinski definition) is 4. The molecular formula is C13H15ClN2O3. The van der Waals surface area contributed by atoms with Gasteiger partial charge in [0.25, 0.3) is 0 Å². The van der Waals surface area contributed by atoms with Gasteiger partial charge >= 0.3 is 5.97 Å². The number of piperidine rings is 1. The molecule has 2 atom stereocenters. The number of hydrogen-bond donors (Lipinski definition) is 2. The summed E-state index contributed by atoms with van der Waals surface area (Å²) in [7, 11) is 0. The summed E-state index contributed by atoms with van der Waals surface area (Å²) in [4.78, 5) is 15.6. The van der Waals surface area contributed by atoms with E-state index in [1.54, 1.807) is 0 Å². The third-order valence-corrected chi connectivity index (χ3v) is 3.35. The monoisotopic (exact) mass is 282 g/mol. The average molecular weight is 283 g/mol. The lowest BCUT2D eigenvalue weighted by Gasteiger charge is -2.27. The van der Waals surface area contributed by atoms with Crippen molar-refractivity contribution in [3.63, 3.8) is 0 Å². The highest BCUT2D eigenvalue weighted by atomic mass is 35.5. The average Bonchev–Trinajstić information content (AvgIpc) is 2.82. The molecule has 2 N–H and O–H groups in total. The molecule has 19 heavy (non-hydrogen) atoms. The van der Waals surface area contributed by atoms with E-state index in [4.69, 9.17) is 4.42 Å². The molecule has 2 unspecified atom stereocenters. The van der Waals surface area contributed by atoms with Crippen molar-refractivity contribution in [2.24, 2.45) is 0 Å². The van der Waals surface area contributed by atoms with Crippen LogP contribution in [0.15, 0.2) is 28.7 Å². The summed E-state index contributed by atoms with van der Waals surface area (Å²) in [6.07, 6.45) is 1.73. The second kappa shape index (κ2) is 5.59. The Kier molecular flexibility index (Phi) is 4.07. The Morgan fingerprint density at radius 1 is 1.42 bits per heavy atom. The Morgan fingerprint density at radius 2 is 2.21 bits per heavy atom. The number of aliphatic carboxylic acids is 1. The minimum Gasteiger partial charge on any atom is -0.480 e. The number of rotatable bonds is 2. The number of benzene rings is 1. The predicted octanol–water partition coefficient (Wildman–Crippen LogP) is 2.17. The van der Waals surface area contributed by atoms with Crippen LogP contribution < -0.4 is 5.32 Å². The van der Waals surface area contributed by atoms with Gasteiger partial charge in [-0.3, -0.25) is 4.79 Å². The van der Waals surface area contributed by atoms with Gasteiger partial charge in [0, 0.05) is 0 Å². The van der Waals surface area contributed by atoms with Crippen LogP contribution in [0.1, 0.15) is 24.7 Å². The largest absolute Gasteiger partial charge is 0.480 e. The topological polar surface area (TPSA) is 75.4 Å². The van der Waals surface area contributed by atoms with Gasteiger partial charge in [-0.25, -0.2) is 4.98 Å². The van der Waals surface area contributed by atoms with E-state index < -0.39 is 12.0 Å². The van der Waals surface area contributed by atoms with Crippen LogP contribution in [0.2, 0.25) is 0 Å². The highest BCUT2D eigenvalue weighted by Crippen LogP contribution is 2.30. The van der Waals surface area contributed by atoms with Crippen molar-refractivity contribution in [3.8, 4) is 0 Å². The van der Waals surface area contributed by atoms with Crippen LogP contribution in [-0.4, -0.2) is 28.6 Å². The van der Waals surface area contributed by atoms with Crippen molar-refractivity contribution in [3.05, 3.63) is 30.2 Å². The van der Waals surface area contributed by atoms with E-state index in [2.05, 4.69) is 10.3 Å². The maximum Gasteiger partial charge on any atom is 0.321 e. The molecule has 1 fully saturated rings. The van der Waals surface area contributed by atoms with Crippen LogP contribution in [0, 0.1) is 0 Å². The summed E-state index contributed by atoms with van der Waals surface area (Å²) in [5, 5.41) is 12.2. The molecule has 3 rings (SSSR count). The van der Waals surface area contributed by atoms with Crippen molar-refractivity contribution >= 4 is 29.5 Å². The number of oxazole rings is 1. The Hall–Kier alpha value is -1.59. The Labute approximate surface area is 116 Å². The first-order valence-corrected chi connectivity index (χ1v) is 6.07. The molecule has 0 amide bonds. The number of nitrogens with one attached hydrogen (secondary N) is 1. The minimum atomic E-state index is -0.845. The quantitative estimate of drug-likeness (QED) is 0.883. The van der Waals surface area contributed by atoms with E-state index in [0.717, 1.165) is 24.9 Å². The van der Waals surface area contributed by atoms with Gasteiger partial charge in [0.15, 0.2) is 5.58 Å². The first-order chi connectivity index (χ1) is 8.75. The van der Waals surface area contributed by atoms with Crippen LogP contribution in [-0.2, 0) is 4.79 Å². The molecule has 1 saturated heterocycles. The molecule has 0 saturated carbocycles. The fourth-order valence-corrected chi connectivity index (χ4v) is 2.46. The molecule has 1 aromatic heterocycles. The van der Waals surface area contributed by atoms with Gasteiger partial charge in [-0.15, -0.1) is 12.4 Å². The van der Waals surface area contributed by atoms with Gasteiger partial charge < -0.3 is 14.8 Å². The summed E-state index contributed by atoms with van der Waals surface area (Å²) in [5.41, 5.74) is 1.49. The number of carboxylic acids is 1. The second-order valence-corrected chi connectivity index (χ2v) is 4.54. The molecule has 2 aromatic rings. The fourth-order valence-electron chi connectivity index (χ4n) is 2.46. The maximum absolute atomic E-state index is 11.2. The van der Waals surface area contributed by atoms with Gasteiger partial charge in [0.1, 0.15) is 11.6 Å². The Bertz CT molecular complexity index is 551. The van der Waals surface area contributed by atoms with Gasteiger partial charge in [0.05, 0.1) is 5.92 Å². The summed E-state index contributed by atoms with van der Waals surface area (Å²) >= 11 is 0. The molecule has 6 heteroatoms. The van der Waals surface area contributed by atoms with Gasteiger partial charge in [0.2, 0.25) is 5.89 Å². The molecule has 0 radical (unpaired) electrons. The third kappa shape index (κ3) is 2.57. The molecule has 102 valence electrons. The van der Waals surface area contributed by atoms with E-state index in [0.29, 0.717) is 11.5 Å². The van der Waals surface area contributed by atoms with E-state index in [1.165, 1.54) is 0 Å². The standard InChI is InChI=1S/C13H14N2O3.ClH/c16-13(17)11-8(4-3-7-14-11)12-15-9-5-1-2-6-10(9)18-12;/h1-2,5-6,8,11,14H,3-4,7H2,(H,16,17);1H. The zero-order valence-corrected chi connectivity index (χ0v) is 11.0. The van der Waals surface area contributed by atoms with E-state index in [9.17, 15) is 9.90 Å². The highest BCUT2D eigenvalue weighted by molar-refractivity contribution is 5.85. The smallest absolute Gasteiger partial charge is 0.321 e. The summed E-state index contributed by atoms with van der Waals surface area (Å²) < 4.78 is 5.67. The van der Waals surface area contributed by atoms with Crippen molar-refractivity contribution in [2.45, 2.75) is 24.8 Å². The third-order valence-electron chi connectivity index (χ3n) is 3.35. The van der Waals surface area contributed by atoms with Crippen LogP contribution in [0.3, 0.4) is 0 Å². The van der Waals surface area contributed by atoms with Crippen molar-refractivity contribution in [1.82, 2.24) is 10.3 Å². The first-order valence-electron chi connectivity index (χ1n) is 6.07. The van der Waals surface area contributed by atoms with Crippen molar-refractivity contribution < 1.29 is 14.3 Å². The number of carbonyl (C=O) groups is 1. The zero-order chi connectivity index (χ0) is 12.5. The maximum atomic E-state index is 11.2. The summed E-state index contributed by atoms with van der Waals surface area (Å²) in [6.45, 7) is 0.730. The minimum absolute atomic E-state index is 0. The van der Waals surface area contributed by atoms with Crippen LogP contribution in [0.4, 0.5) is 0 Å². The first kappa shape index (κ1) is 13.8. The molecule has 1 aromatic carbocycles. The Balaban J connectivity index is 0.00000133. The van der Waals surface area contributed by atoms with Crippen LogP contribution >= 0.6 is 12.4 Å². The van der Waals surface area contributed by atoms with E-state index in [-0.39, 0.29) is 18.3 Å². The number of aromatic nitrogens is 1. The molecule has 1 aliphatic rings. The zero-order valence-electron chi connectivity index (χ0n) is 10.2. The molecule has 0 spiro atoms. The fraction of sp³-hybridized carbons (Fsp3) is 0.385. The number of fused-ring (bicyclic) bond motifs is 1.